The average molecular weight is 298 g/mol. The van der Waals surface area contributed by atoms with Crippen LogP contribution in [0.3, 0.4) is 0 Å². The van der Waals surface area contributed by atoms with Crippen molar-refractivity contribution in [3.63, 3.8) is 0 Å². The van der Waals surface area contributed by atoms with Crippen LogP contribution < -0.4 is 10.6 Å². The Morgan fingerprint density at radius 1 is 1.14 bits per heavy atom. The second-order valence-corrected chi connectivity index (χ2v) is 6.21. The molecule has 1 aliphatic rings. The molecule has 0 aromatic heterocycles. The Morgan fingerprint density at radius 3 is 2.29 bits per heavy atom. The first-order valence-corrected chi connectivity index (χ1v) is 7.62. The molecule has 0 spiro atoms. The molecule has 6 nitrogen and oxygen atoms in total. The van der Waals surface area contributed by atoms with Crippen molar-refractivity contribution >= 4 is 17.8 Å². The third-order valence-electron chi connectivity index (χ3n) is 4.02. The van der Waals surface area contributed by atoms with Gasteiger partial charge in [0.1, 0.15) is 0 Å². The molecule has 0 bridgehead atoms. The van der Waals surface area contributed by atoms with Crippen molar-refractivity contribution in [2.45, 2.75) is 40.0 Å². The number of rotatable bonds is 7. The first kappa shape index (κ1) is 17.5. The van der Waals surface area contributed by atoms with Gasteiger partial charge in [0.25, 0.3) is 0 Å². The van der Waals surface area contributed by atoms with E-state index in [0.29, 0.717) is 25.3 Å². The fourth-order valence-electron chi connectivity index (χ4n) is 2.72. The van der Waals surface area contributed by atoms with Gasteiger partial charge < -0.3 is 15.7 Å². The number of carboxylic acids is 1. The zero-order chi connectivity index (χ0) is 16.0. The molecular weight excluding hydrogens is 272 g/mol. The summed E-state index contributed by atoms with van der Waals surface area (Å²) in [5.74, 6) is -2.01. The lowest BCUT2D eigenvalue weighted by Gasteiger charge is -2.15. The molecule has 3 atom stereocenters. The van der Waals surface area contributed by atoms with E-state index >= 15 is 0 Å². The van der Waals surface area contributed by atoms with Crippen molar-refractivity contribution in [1.29, 1.82) is 0 Å². The van der Waals surface area contributed by atoms with Gasteiger partial charge >= 0.3 is 5.97 Å². The summed E-state index contributed by atoms with van der Waals surface area (Å²) in [6.07, 6.45) is 2.01. The summed E-state index contributed by atoms with van der Waals surface area (Å²) in [6.45, 7) is 6.45. The number of hydrogen-bond donors (Lipinski definition) is 3. The summed E-state index contributed by atoms with van der Waals surface area (Å²) in [5, 5.41) is 14.5. The highest BCUT2D eigenvalue weighted by molar-refractivity contribution is 5.88. The fourth-order valence-corrected chi connectivity index (χ4v) is 2.72. The van der Waals surface area contributed by atoms with Crippen LogP contribution in [0.2, 0.25) is 0 Å². The van der Waals surface area contributed by atoms with E-state index in [-0.39, 0.29) is 24.3 Å². The summed E-state index contributed by atoms with van der Waals surface area (Å²) < 4.78 is 0. The number of carbonyl (C=O) groups excluding carboxylic acids is 2. The highest BCUT2D eigenvalue weighted by Crippen LogP contribution is 2.38. The quantitative estimate of drug-likeness (QED) is 0.653. The topological polar surface area (TPSA) is 95.5 Å². The summed E-state index contributed by atoms with van der Waals surface area (Å²) in [7, 11) is 0. The molecule has 1 aliphatic carbocycles. The SMILES string of the molecule is CCC1CC(C(=O)O)C(C(=O)NCC(=O)NCC(C)C)C1. The van der Waals surface area contributed by atoms with E-state index < -0.39 is 17.8 Å². The highest BCUT2D eigenvalue weighted by Gasteiger charge is 2.42. The fraction of sp³-hybridized carbons (Fsp3) is 0.800. The van der Waals surface area contributed by atoms with Gasteiger partial charge in [-0.15, -0.1) is 0 Å². The molecule has 0 aromatic carbocycles. The lowest BCUT2D eigenvalue weighted by Crippen LogP contribution is -2.42. The molecular formula is C15H26N2O4. The molecule has 0 heterocycles. The van der Waals surface area contributed by atoms with Gasteiger partial charge in [0.15, 0.2) is 0 Å². The monoisotopic (exact) mass is 298 g/mol. The van der Waals surface area contributed by atoms with Crippen molar-refractivity contribution < 1.29 is 19.5 Å². The molecule has 1 rings (SSSR count). The molecule has 0 aliphatic heterocycles. The lowest BCUT2D eigenvalue weighted by molar-refractivity contribution is -0.146. The van der Waals surface area contributed by atoms with Gasteiger partial charge in [-0.25, -0.2) is 0 Å². The number of amides is 2. The van der Waals surface area contributed by atoms with Crippen LogP contribution >= 0.6 is 0 Å². The van der Waals surface area contributed by atoms with Crippen LogP contribution in [0.4, 0.5) is 0 Å². The molecule has 3 N–H and O–H groups in total. The molecule has 0 radical (unpaired) electrons. The van der Waals surface area contributed by atoms with E-state index in [1.54, 1.807) is 0 Å². The minimum absolute atomic E-state index is 0.0921. The maximum Gasteiger partial charge on any atom is 0.307 e. The maximum atomic E-state index is 12.1. The third kappa shape index (κ3) is 5.36. The molecule has 1 saturated carbocycles. The van der Waals surface area contributed by atoms with E-state index in [2.05, 4.69) is 10.6 Å². The predicted molar refractivity (Wildman–Crippen MR) is 78.5 cm³/mol. The second-order valence-electron chi connectivity index (χ2n) is 6.21. The largest absolute Gasteiger partial charge is 0.481 e. The number of nitrogens with one attached hydrogen (secondary N) is 2. The van der Waals surface area contributed by atoms with Crippen molar-refractivity contribution in [2.75, 3.05) is 13.1 Å². The van der Waals surface area contributed by atoms with E-state index in [4.69, 9.17) is 0 Å². The first-order chi connectivity index (χ1) is 9.85. The van der Waals surface area contributed by atoms with Crippen LogP contribution in [0, 0.1) is 23.7 Å². The number of hydrogen-bond acceptors (Lipinski definition) is 3. The minimum Gasteiger partial charge on any atom is -0.481 e. The van der Waals surface area contributed by atoms with Gasteiger partial charge in [0.05, 0.1) is 18.4 Å². The van der Waals surface area contributed by atoms with Crippen LogP contribution in [0.5, 0.6) is 0 Å². The van der Waals surface area contributed by atoms with E-state index in [9.17, 15) is 19.5 Å². The number of carbonyl (C=O) groups is 3. The van der Waals surface area contributed by atoms with Gasteiger partial charge in [-0.3, -0.25) is 14.4 Å². The summed E-state index contributed by atoms with van der Waals surface area (Å²) >= 11 is 0. The standard InChI is InChI=1S/C15H26N2O4/c1-4-10-5-11(12(6-10)15(20)21)14(19)17-8-13(18)16-7-9(2)3/h9-12H,4-8H2,1-3H3,(H,16,18)(H,17,19)(H,20,21). The Kier molecular flexibility index (Phi) is 6.65. The second kappa shape index (κ2) is 8.00. The zero-order valence-corrected chi connectivity index (χ0v) is 13.0. The Hall–Kier alpha value is -1.59. The lowest BCUT2D eigenvalue weighted by atomic mass is 9.95. The van der Waals surface area contributed by atoms with E-state index in [0.717, 1.165) is 6.42 Å². The molecule has 0 saturated heterocycles. The predicted octanol–water partition coefficient (Wildman–Crippen LogP) is 1.01. The van der Waals surface area contributed by atoms with Crippen molar-refractivity contribution in [2.24, 2.45) is 23.7 Å². The summed E-state index contributed by atoms with van der Waals surface area (Å²) in [5.41, 5.74) is 0. The van der Waals surface area contributed by atoms with Crippen LogP contribution in [-0.2, 0) is 14.4 Å². The van der Waals surface area contributed by atoms with Gasteiger partial charge in [0.2, 0.25) is 11.8 Å². The number of aliphatic carboxylic acids is 1. The van der Waals surface area contributed by atoms with Crippen LogP contribution in [0.1, 0.15) is 40.0 Å². The molecule has 21 heavy (non-hydrogen) atoms. The number of carboxylic acid groups (broad SMARTS) is 1. The summed E-state index contributed by atoms with van der Waals surface area (Å²) in [4.78, 5) is 34.9. The minimum atomic E-state index is -0.921. The van der Waals surface area contributed by atoms with Gasteiger partial charge in [-0.2, -0.15) is 0 Å². The van der Waals surface area contributed by atoms with Crippen LogP contribution in [0.15, 0.2) is 0 Å². The van der Waals surface area contributed by atoms with Crippen molar-refractivity contribution in [1.82, 2.24) is 10.6 Å². The Morgan fingerprint density at radius 2 is 1.76 bits per heavy atom. The molecule has 120 valence electrons. The van der Waals surface area contributed by atoms with Gasteiger partial charge in [0, 0.05) is 6.54 Å². The Labute approximate surface area is 125 Å². The Balaban J connectivity index is 2.46. The normalized spacial score (nSPS) is 24.9. The maximum absolute atomic E-state index is 12.1. The summed E-state index contributed by atoms with van der Waals surface area (Å²) in [6, 6.07) is 0. The van der Waals surface area contributed by atoms with E-state index in [1.807, 2.05) is 20.8 Å². The average Bonchev–Trinajstić information content (AvgIpc) is 2.87. The molecule has 1 fully saturated rings. The Bertz CT molecular complexity index is 395. The van der Waals surface area contributed by atoms with E-state index in [1.165, 1.54) is 0 Å². The molecule has 3 unspecified atom stereocenters. The smallest absolute Gasteiger partial charge is 0.307 e. The van der Waals surface area contributed by atoms with Crippen LogP contribution in [-0.4, -0.2) is 36.0 Å². The third-order valence-corrected chi connectivity index (χ3v) is 4.02. The van der Waals surface area contributed by atoms with Crippen molar-refractivity contribution in [3.8, 4) is 0 Å². The molecule has 0 aromatic rings. The molecule has 2 amide bonds. The zero-order valence-electron chi connectivity index (χ0n) is 13.0. The van der Waals surface area contributed by atoms with Gasteiger partial charge in [-0.1, -0.05) is 27.2 Å². The van der Waals surface area contributed by atoms with Gasteiger partial charge in [-0.05, 0) is 24.7 Å². The van der Waals surface area contributed by atoms with Crippen LogP contribution in [0.25, 0.3) is 0 Å². The first-order valence-electron chi connectivity index (χ1n) is 7.62. The highest BCUT2D eigenvalue weighted by atomic mass is 16.4. The van der Waals surface area contributed by atoms with Crippen molar-refractivity contribution in [3.05, 3.63) is 0 Å². The molecule has 6 heteroatoms.